The molecule has 2 aromatic rings. The number of nitrogens with zero attached hydrogens (tertiary/aromatic N) is 2. The minimum Gasteiger partial charge on any atom is -0.484 e. The van der Waals surface area contributed by atoms with Crippen LogP contribution in [0.25, 0.3) is 0 Å². The average molecular weight is 597 g/mol. The van der Waals surface area contributed by atoms with E-state index in [1.54, 1.807) is 29.2 Å². The van der Waals surface area contributed by atoms with Crippen LogP contribution in [-0.4, -0.2) is 82.4 Å². The van der Waals surface area contributed by atoms with Gasteiger partial charge >= 0.3 is 0 Å². The number of rotatable bonds is 10. The van der Waals surface area contributed by atoms with Gasteiger partial charge in [0.1, 0.15) is 11.6 Å². The molecule has 3 amide bonds. The van der Waals surface area contributed by atoms with Gasteiger partial charge in [0.2, 0.25) is 5.91 Å². The van der Waals surface area contributed by atoms with E-state index in [2.05, 4.69) is 5.32 Å². The molecule has 40 heavy (non-hydrogen) atoms. The van der Waals surface area contributed by atoms with Gasteiger partial charge in [-0.25, -0.2) is 13.2 Å². The molecule has 216 valence electrons. The summed E-state index contributed by atoms with van der Waals surface area (Å²) < 4.78 is 46.2. The zero-order valence-electron chi connectivity index (χ0n) is 21.7. The third kappa shape index (κ3) is 8.07. The molecule has 2 atom stereocenters. The smallest absolute Gasteiger partial charge is 0.260 e. The van der Waals surface area contributed by atoms with Crippen LogP contribution in [0, 0.1) is 17.5 Å². The molecule has 2 aliphatic rings. The number of carbonyl (C=O) groups is 3. The number of hydrogen-bond donors (Lipinski definition) is 2. The molecule has 13 heteroatoms. The van der Waals surface area contributed by atoms with Crippen LogP contribution < -0.4 is 15.8 Å². The molecular weight excluding hydrogens is 565 g/mol. The number of thioether (sulfide) groups is 2. The van der Waals surface area contributed by atoms with Gasteiger partial charge in [-0.3, -0.25) is 14.4 Å². The van der Waals surface area contributed by atoms with Crippen molar-refractivity contribution in [3.05, 3.63) is 65.0 Å². The third-order valence-electron chi connectivity index (χ3n) is 6.56. The first-order chi connectivity index (χ1) is 19.2. The molecule has 0 aromatic heterocycles. The van der Waals surface area contributed by atoms with Gasteiger partial charge in [0.15, 0.2) is 23.6 Å². The number of carbonyl (C=O) groups excluding carboxylic acids is 3. The predicted molar refractivity (Wildman–Crippen MR) is 148 cm³/mol. The molecular formula is C27H31F3N4O4S2. The van der Waals surface area contributed by atoms with Gasteiger partial charge in [0.25, 0.3) is 11.8 Å². The van der Waals surface area contributed by atoms with Crippen molar-refractivity contribution in [2.24, 2.45) is 5.73 Å². The average Bonchev–Trinajstić information content (AvgIpc) is 3.45. The van der Waals surface area contributed by atoms with Crippen LogP contribution in [0.5, 0.6) is 5.75 Å². The Balaban J connectivity index is 1.23. The summed E-state index contributed by atoms with van der Waals surface area (Å²) >= 11 is 3.16. The maximum absolute atomic E-state index is 13.9. The maximum Gasteiger partial charge on any atom is 0.260 e. The van der Waals surface area contributed by atoms with E-state index in [1.165, 1.54) is 16.7 Å². The van der Waals surface area contributed by atoms with Crippen molar-refractivity contribution in [1.29, 1.82) is 0 Å². The van der Waals surface area contributed by atoms with Crippen molar-refractivity contribution in [3.8, 4) is 5.75 Å². The number of benzene rings is 2. The van der Waals surface area contributed by atoms with E-state index in [-0.39, 0.29) is 49.3 Å². The second kappa shape index (κ2) is 14.1. The Morgan fingerprint density at radius 3 is 2.40 bits per heavy atom. The first kappa shape index (κ1) is 30.1. The molecule has 2 fully saturated rings. The van der Waals surface area contributed by atoms with Gasteiger partial charge in [-0.2, -0.15) is 11.8 Å². The van der Waals surface area contributed by atoms with Crippen molar-refractivity contribution in [2.75, 3.05) is 43.5 Å². The number of nitrogens with one attached hydrogen (secondary N) is 1. The molecule has 0 aliphatic carbocycles. The normalized spacial score (nSPS) is 17.9. The fraction of sp³-hybridized carbons (Fsp3) is 0.444. The van der Waals surface area contributed by atoms with E-state index >= 15 is 0 Å². The highest BCUT2D eigenvalue weighted by atomic mass is 32.2. The van der Waals surface area contributed by atoms with E-state index in [9.17, 15) is 27.6 Å². The summed E-state index contributed by atoms with van der Waals surface area (Å²) in [5.74, 6) is -1.16. The number of halogens is 3. The highest BCUT2D eigenvalue weighted by Crippen LogP contribution is 2.25. The molecule has 2 heterocycles. The summed E-state index contributed by atoms with van der Waals surface area (Å²) in [6.45, 7) is 2.03. The van der Waals surface area contributed by atoms with Crippen LogP contribution in [0.3, 0.4) is 0 Å². The van der Waals surface area contributed by atoms with Gasteiger partial charge in [0.05, 0.1) is 0 Å². The Kier molecular flexibility index (Phi) is 10.6. The highest BCUT2D eigenvalue weighted by Gasteiger charge is 2.35. The van der Waals surface area contributed by atoms with Crippen LogP contribution in [0.15, 0.2) is 36.4 Å². The van der Waals surface area contributed by atoms with Gasteiger partial charge in [-0.1, -0.05) is 12.1 Å². The van der Waals surface area contributed by atoms with Crippen LogP contribution in [0.2, 0.25) is 0 Å². The van der Waals surface area contributed by atoms with Crippen LogP contribution >= 0.6 is 23.5 Å². The first-order valence-corrected chi connectivity index (χ1v) is 15.1. The van der Waals surface area contributed by atoms with Gasteiger partial charge in [-0.05, 0) is 35.7 Å². The van der Waals surface area contributed by atoms with Crippen LogP contribution in [0.1, 0.15) is 17.5 Å². The minimum atomic E-state index is -1.29. The molecule has 0 spiro atoms. The molecule has 0 radical (unpaired) electrons. The Morgan fingerprint density at radius 1 is 0.975 bits per heavy atom. The Labute approximate surface area is 239 Å². The van der Waals surface area contributed by atoms with E-state index in [4.69, 9.17) is 10.5 Å². The second-order valence-electron chi connectivity index (χ2n) is 9.48. The van der Waals surface area contributed by atoms with Crippen molar-refractivity contribution in [1.82, 2.24) is 15.1 Å². The van der Waals surface area contributed by atoms with Crippen LogP contribution in [0.4, 0.5) is 13.2 Å². The monoisotopic (exact) mass is 596 g/mol. The largest absolute Gasteiger partial charge is 0.484 e. The summed E-state index contributed by atoms with van der Waals surface area (Å²) in [7, 11) is 0. The van der Waals surface area contributed by atoms with Gasteiger partial charge in [-0.15, -0.1) is 11.8 Å². The Hall–Kier alpha value is -2.90. The zero-order valence-corrected chi connectivity index (χ0v) is 23.4. The number of nitrogens with two attached hydrogens (primary N) is 1. The quantitative estimate of drug-likeness (QED) is 0.407. The van der Waals surface area contributed by atoms with Crippen LogP contribution in [-0.2, 0) is 27.3 Å². The lowest BCUT2D eigenvalue weighted by molar-refractivity contribution is -0.136. The lowest BCUT2D eigenvalue weighted by atomic mass is 10.0. The summed E-state index contributed by atoms with van der Waals surface area (Å²) in [5.41, 5.74) is 6.70. The maximum atomic E-state index is 13.9. The molecule has 2 aromatic carbocycles. The third-order valence-corrected chi connectivity index (χ3v) is 8.71. The van der Waals surface area contributed by atoms with E-state index in [1.807, 2.05) is 11.8 Å². The summed E-state index contributed by atoms with van der Waals surface area (Å²) in [6, 6.07) is 7.41. The Bertz CT molecular complexity index is 1220. The molecule has 4 rings (SSSR count). The lowest BCUT2D eigenvalue weighted by Crippen LogP contribution is -2.46. The van der Waals surface area contributed by atoms with E-state index in [0.717, 1.165) is 36.2 Å². The van der Waals surface area contributed by atoms with Gasteiger partial charge in [0, 0.05) is 62.0 Å². The SMILES string of the molecule is NC(CC(=O)N1CCSC1C(=O)NCc1ccc(OCC(=O)N2CCSCC2)cc1)Cc1cc(F)c(F)cc1F. The van der Waals surface area contributed by atoms with Crippen molar-refractivity contribution in [3.63, 3.8) is 0 Å². The number of ether oxygens (including phenoxy) is 1. The Morgan fingerprint density at radius 2 is 1.68 bits per heavy atom. The number of amides is 3. The zero-order chi connectivity index (χ0) is 28.6. The van der Waals surface area contributed by atoms with Crippen molar-refractivity contribution in [2.45, 2.75) is 30.8 Å². The standard InChI is InChI=1S/C27H31F3N4O4S2/c28-21-14-23(30)22(29)12-18(21)11-19(31)13-24(35)34-7-10-40-27(34)26(37)32-15-17-1-3-20(4-2-17)38-16-25(36)33-5-8-39-9-6-33/h1-4,12,14,19,27H,5-11,13,15-16,31H2,(H,32,37). The molecule has 8 nitrogen and oxygen atoms in total. The summed E-state index contributed by atoms with van der Waals surface area (Å²) in [6.07, 6.45) is -0.332. The fourth-order valence-electron chi connectivity index (χ4n) is 4.39. The first-order valence-electron chi connectivity index (χ1n) is 12.9. The molecule has 2 aliphatic heterocycles. The van der Waals surface area contributed by atoms with Crippen molar-refractivity contribution < 1.29 is 32.3 Å². The number of hydrogen-bond acceptors (Lipinski definition) is 7. The molecule has 2 unspecified atom stereocenters. The van der Waals surface area contributed by atoms with E-state index in [0.29, 0.717) is 24.1 Å². The summed E-state index contributed by atoms with van der Waals surface area (Å²) in [5, 5.41) is 2.10. The van der Waals surface area contributed by atoms with Gasteiger partial charge < -0.3 is 25.6 Å². The molecule has 0 saturated carbocycles. The topological polar surface area (TPSA) is 105 Å². The molecule has 3 N–H and O–H groups in total. The summed E-state index contributed by atoms with van der Waals surface area (Å²) in [4.78, 5) is 41.2. The molecule has 0 bridgehead atoms. The fourth-order valence-corrected chi connectivity index (χ4v) is 6.45. The van der Waals surface area contributed by atoms with Crippen molar-refractivity contribution >= 4 is 41.2 Å². The molecule has 2 saturated heterocycles. The predicted octanol–water partition coefficient (Wildman–Crippen LogP) is 2.54. The minimum absolute atomic E-state index is 0.0249. The second-order valence-corrected chi connectivity index (χ2v) is 11.9. The highest BCUT2D eigenvalue weighted by molar-refractivity contribution is 8.00. The lowest BCUT2D eigenvalue weighted by Gasteiger charge is -2.26. The van der Waals surface area contributed by atoms with E-state index < -0.39 is 28.9 Å².